The zero-order chi connectivity index (χ0) is 14.7. The first-order valence-corrected chi connectivity index (χ1v) is 8.55. The molecule has 0 amide bonds. The Labute approximate surface area is 127 Å². The Morgan fingerprint density at radius 2 is 1.95 bits per heavy atom. The van der Waals surface area contributed by atoms with Crippen LogP contribution in [0.15, 0.2) is 24.3 Å². The molecule has 0 aromatic heterocycles. The molecule has 0 N–H and O–H groups in total. The molecule has 2 heteroatoms. The Morgan fingerprint density at radius 3 is 2.76 bits per heavy atom. The first-order chi connectivity index (χ1) is 10.3. The van der Waals surface area contributed by atoms with Crippen LogP contribution in [-0.4, -0.2) is 12.4 Å². The number of carbonyl (C=O) groups is 1. The van der Waals surface area contributed by atoms with Gasteiger partial charge >= 0.3 is 0 Å². The van der Waals surface area contributed by atoms with E-state index in [-0.39, 0.29) is 5.92 Å². The molecule has 3 rings (SSSR count). The Hall–Kier alpha value is -1.31. The van der Waals surface area contributed by atoms with Crippen LogP contribution in [0.3, 0.4) is 0 Å². The Morgan fingerprint density at radius 1 is 1.14 bits per heavy atom. The first-order valence-electron chi connectivity index (χ1n) is 8.55. The highest BCUT2D eigenvalue weighted by molar-refractivity contribution is 5.98. The summed E-state index contributed by atoms with van der Waals surface area (Å²) >= 11 is 0. The number of carbonyl (C=O) groups excluding carboxylic acids is 1. The second-order valence-electron chi connectivity index (χ2n) is 6.64. The minimum Gasteiger partial charge on any atom is -0.494 e. The highest BCUT2D eigenvalue weighted by Gasteiger charge is 2.35. The van der Waals surface area contributed by atoms with Gasteiger partial charge in [0.25, 0.3) is 0 Å². The summed E-state index contributed by atoms with van der Waals surface area (Å²) in [6.07, 6.45) is 8.95. The molecular formula is C19H26O2. The summed E-state index contributed by atoms with van der Waals surface area (Å²) in [5.41, 5.74) is 0.834. The van der Waals surface area contributed by atoms with E-state index in [4.69, 9.17) is 4.74 Å². The van der Waals surface area contributed by atoms with Crippen LogP contribution in [-0.2, 0) is 0 Å². The van der Waals surface area contributed by atoms with Crippen LogP contribution in [0.4, 0.5) is 0 Å². The van der Waals surface area contributed by atoms with Gasteiger partial charge < -0.3 is 4.74 Å². The Balaban J connectivity index is 1.68. The summed E-state index contributed by atoms with van der Waals surface area (Å²) in [6, 6.07) is 7.72. The number of Topliss-reactive ketones (excluding diaryl/α,β-unsaturated/α-hetero) is 1. The lowest BCUT2D eigenvalue weighted by Crippen LogP contribution is -2.31. The number of hydrogen-bond acceptors (Lipinski definition) is 2. The van der Waals surface area contributed by atoms with Gasteiger partial charge in [0.2, 0.25) is 0 Å². The molecule has 3 atom stereocenters. The van der Waals surface area contributed by atoms with E-state index >= 15 is 0 Å². The van der Waals surface area contributed by atoms with Crippen molar-refractivity contribution in [1.82, 2.24) is 0 Å². The van der Waals surface area contributed by atoms with Crippen molar-refractivity contribution in [1.29, 1.82) is 0 Å². The van der Waals surface area contributed by atoms with Crippen molar-refractivity contribution < 1.29 is 9.53 Å². The molecule has 0 heterocycles. The maximum Gasteiger partial charge on any atom is 0.166 e. The number of fused-ring (bicyclic) bond motifs is 1. The van der Waals surface area contributed by atoms with E-state index in [1.54, 1.807) is 0 Å². The molecule has 1 aromatic carbocycles. The lowest BCUT2D eigenvalue weighted by atomic mass is 9.66. The van der Waals surface area contributed by atoms with Crippen molar-refractivity contribution in [3.8, 4) is 5.75 Å². The fourth-order valence-corrected chi connectivity index (χ4v) is 4.25. The average molecular weight is 286 g/mol. The molecule has 0 aliphatic heterocycles. The Kier molecular flexibility index (Phi) is 4.62. The minimum absolute atomic E-state index is 0.237. The highest BCUT2D eigenvalue weighted by Crippen LogP contribution is 2.43. The first kappa shape index (κ1) is 14.6. The number of hydrogen-bond donors (Lipinski definition) is 0. The predicted octanol–water partition coefficient (Wildman–Crippen LogP) is 4.87. The molecule has 0 spiro atoms. The molecule has 0 saturated heterocycles. The molecule has 2 aliphatic carbocycles. The van der Waals surface area contributed by atoms with Crippen molar-refractivity contribution >= 4 is 5.78 Å². The van der Waals surface area contributed by atoms with E-state index in [0.29, 0.717) is 12.4 Å². The zero-order valence-electron chi connectivity index (χ0n) is 13.0. The van der Waals surface area contributed by atoms with Crippen molar-refractivity contribution in [2.75, 3.05) is 6.61 Å². The van der Waals surface area contributed by atoms with Crippen molar-refractivity contribution in [2.45, 2.75) is 51.9 Å². The SMILES string of the molecule is CCOc1cccc(C(=O)C2CCC3CCCCC3C2)c1. The van der Waals surface area contributed by atoms with Crippen molar-refractivity contribution in [2.24, 2.45) is 17.8 Å². The van der Waals surface area contributed by atoms with Crippen LogP contribution < -0.4 is 4.74 Å². The van der Waals surface area contributed by atoms with E-state index in [9.17, 15) is 4.79 Å². The van der Waals surface area contributed by atoms with E-state index < -0.39 is 0 Å². The maximum atomic E-state index is 12.8. The predicted molar refractivity (Wildman–Crippen MR) is 84.7 cm³/mol. The largest absolute Gasteiger partial charge is 0.494 e. The Bertz CT molecular complexity index is 494. The number of ketones is 1. The summed E-state index contributed by atoms with van der Waals surface area (Å²) < 4.78 is 5.52. The van der Waals surface area contributed by atoms with Gasteiger partial charge in [0.05, 0.1) is 6.61 Å². The molecule has 2 saturated carbocycles. The lowest BCUT2D eigenvalue weighted by Gasteiger charge is -2.38. The van der Waals surface area contributed by atoms with Gasteiger partial charge in [-0.15, -0.1) is 0 Å². The third-order valence-corrected chi connectivity index (χ3v) is 5.34. The van der Waals surface area contributed by atoms with Crippen LogP contribution in [0.1, 0.15) is 62.2 Å². The molecule has 114 valence electrons. The smallest absolute Gasteiger partial charge is 0.166 e. The zero-order valence-corrected chi connectivity index (χ0v) is 13.0. The summed E-state index contributed by atoms with van der Waals surface area (Å²) in [6.45, 7) is 2.61. The van der Waals surface area contributed by atoms with Crippen LogP contribution in [0.5, 0.6) is 5.75 Å². The van der Waals surface area contributed by atoms with Crippen molar-refractivity contribution in [3.05, 3.63) is 29.8 Å². The summed E-state index contributed by atoms with van der Waals surface area (Å²) in [5.74, 6) is 3.09. The van der Waals surface area contributed by atoms with Gasteiger partial charge in [-0.3, -0.25) is 4.79 Å². The standard InChI is InChI=1S/C19H26O2/c1-2-21-18-9-5-8-16(13-18)19(20)17-11-10-14-6-3-4-7-15(14)12-17/h5,8-9,13-15,17H,2-4,6-7,10-12H2,1H3. The monoisotopic (exact) mass is 286 g/mol. The summed E-state index contributed by atoms with van der Waals surface area (Å²) in [7, 11) is 0. The normalized spacial score (nSPS) is 28.7. The third kappa shape index (κ3) is 3.30. The highest BCUT2D eigenvalue weighted by atomic mass is 16.5. The van der Waals surface area contributed by atoms with Crippen LogP contribution >= 0.6 is 0 Å². The van der Waals surface area contributed by atoms with Gasteiger partial charge in [-0.05, 0) is 50.2 Å². The quantitative estimate of drug-likeness (QED) is 0.738. The van der Waals surface area contributed by atoms with Crippen LogP contribution in [0.25, 0.3) is 0 Å². The summed E-state index contributed by atoms with van der Waals surface area (Å²) in [5, 5.41) is 0. The minimum atomic E-state index is 0.237. The molecule has 2 fully saturated rings. The molecule has 0 radical (unpaired) electrons. The molecule has 21 heavy (non-hydrogen) atoms. The molecule has 0 bridgehead atoms. The lowest BCUT2D eigenvalue weighted by molar-refractivity contribution is 0.0763. The van der Waals surface area contributed by atoms with Crippen molar-refractivity contribution in [3.63, 3.8) is 0 Å². The molecule has 1 aromatic rings. The topological polar surface area (TPSA) is 26.3 Å². The number of rotatable bonds is 4. The summed E-state index contributed by atoms with van der Waals surface area (Å²) in [4.78, 5) is 12.8. The maximum absolute atomic E-state index is 12.8. The van der Waals surface area contributed by atoms with Gasteiger partial charge in [0.1, 0.15) is 5.75 Å². The number of ether oxygens (including phenoxy) is 1. The van der Waals surface area contributed by atoms with E-state index in [2.05, 4.69) is 0 Å². The van der Waals surface area contributed by atoms with Crippen LogP contribution in [0, 0.1) is 17.8 Å². The fraction of sp³-hybridized carbons (Fsp3) is 0.632. The second-order valence-corrected chi connectivity index (χ2v) is 6.64. The molecule has 3 unspecified atom stereocenters. The average Bonchev–Trinajstić information content (AvgIpc) is 2.54. The second kappa shape index (κ2) is 6.64. The van der Waals surface area contributed by atoms with Gasteiger partial charge in [-0.25, -0.2) is 0 Å². The van der Waals surface area contributed by atoms with Gasteiger partial charge in [0.15, 0.2) is 5.78 Å². The van der Waals surface area contributed by atoms with E-state index in [1.807, 2.05) is 31.2 Å². The number of benzene rings is 1. The van der Waals surface area contributed by atoms with Gasteiger partial charge in [-0.1, -0.05) is 37.8 Å². The van der Waals surface area contributed by atoms with E-state index in [1.165, 1.54) is 32.1 Å². The fourth-order valence-electron chi connectivity index (χ4n) is 4.25. The van der Waals surface area contributed by atoms with Crippen LogP contribution in [0.2, 0.25) is 0 Å². The molecule has 2 aliphatic rings. The van der Waals surface area contributed by atoms with Gasteiger partial charge in [-0.2, -0.15) is 0 Å². The van der Waals surface area contributed by atoms with E-state index in [0.717, 1.165) is 36.0 Å². The third-order valence-electron chi connectivity index (χ3n) is 5.34. The molecule has 2 nitrogen and oxygen atoms in total. The molecular weight excluding hydrogens is 260 g/mol. The van der Waals surface area contributed by atoms with Gasteiger partial charge in [0, 0.05) is 11.5 Å².